The van der Waals surface area contributed by atoms with Crippen LogP contribution in [0.25, 0.3) is 5.57 Å². The lowest BCUT2D eigenvalue weighted by Crippen LogP contribution is -2.22. The molecule has 0 aromatic heterocycles. The molecule has 0 saturated heterocycles. The number of hydrogen-bond donors (Lipinski definition) is 0. The number of benzene rings is 2. The summed E-state index contributed by atoms with van der Waals surface area (Å²) >= 11 is 0. The van der Waals surface area contributed by atoms with Crippen LogP contribution in [0.15, 0.2) is 120 Å². The minimum atomic E-state index is -0.331. The molecule has 0 fully saturated rings. The molecular formula is C36H40O2. The first-order valence-corrected chi connectivity index (χ1v) is 12.9. The summed E-state index contributed by atoms with van der Waals surface area (Å²) in [5, 5.41) is 0. The van der Waals surface area contributed by atoms with Gasteiger partial charge in [0.2, 0.25) is 0 Å². The first kappa shape index (κ1) is 30.2. The highest BCUT2D eigenvalue weighted by atomic mass is 16.1. The predicted molar refractivity (Wildman–Crippen MR) is 163 cm³/mol. The fourth-order valence-electron chi connectivity index (χ4n) is 4.65. The Labute approximate surface area is 229 Å². The molecule has 2 heteroatoms. The van der Waals surface area contributed by atoms with E-state index in [1.807, 2.05) is 37.3 Å². The second kappa shape index (κ2) is 13.5. The zero-order chi connectivity index (χ0) is 28.5. The van der Waals surface area contributed by atoms with E-state index in [0.717, 1.165) is 16.7 Å². The summed E-state index contributed by atoms with van der Waals surface area (Å²) in [6, 6.07) is 14.8. The minimum absolute atomic E-state index is 0.226. The van der Waals surface area contributed by atoms with Crippen LogP contribution in [0.1, 0.15) is 55.5 Å². The lowest BCUT2D eigenvalue weighted by atomic mass is 9.71. The van der Waals surface area contributed by atoms with Crippen LogP contribution in [0.2, 0.25) is 0 Å². The molecule has 0 aliphatic heterocycles. The number of carbonyl (C=O) groups is 2. The zero-order valence-electron chi connectivity index (χ0n) is 23.9. The normalized spacial score (nSPS) is 13.8. The van der Waals surface area contributed by atoms with E-state index in [0.29, 0.717) is 11.9 Å². The standard InChI is InChI=1S/C36H40O2/c1-10-13-19-29(22-27(6)35(38)31(12-3)30(11-2)24-37)23-34(32-20-15-14-17-26(32)5)36(8,9)33-21-16-18-25(4)28(33)7/h10-24H,2-3H2,1,4-9H3/b13-10+,27-22-,29-19-,31-30-,34-23+. The van der Waals surface area contributed by atoms with Gasteiger partial charge in [0.15, 0.2) is 12.1 Å². The van der Waals surface area contributed by atoms with Crippen molar-refractivity contribution in [3.63, 3.8) is 0 Å². The predicted octanol–water partition coefficient (Wildman–Crippen LogP) is 8.86. The Balaban J connectivity index is 2.86. The number of allylic oxidation sites excluding steroid dienone is 12. The third kappa shape index (κ3) is 6.83. The van der Waals surface area contributed by atoms with E-state index in [2.05, 4.69) is 90.3 Å². The summed E-state index contributed by atoms with van der Waals surface area (Å²) in [5.74, 6) is -0.256. The molecule has 2 rings (SSSR count). The minimum Gasteiger partial charge on any atom is -0.298 e. The van der Waals surface area contributed by atoms with Crippen molar-refractivity contribution in [1.82, 2.24) is 0 Å². The molecule has 0 saturated carbocycles. The van der Waals surface area contributed by atoms with Crippen LogP contribution in [0.5, 0.6) is 0 Å². The summed E-state index contributed by atoms with van der Waals surface area (Å²) < 4.78 is 0. The number of carbonyl (C=O) groups excluding carboxylic acids is 2. The third-order valence-corrected chi connectivity index (χ3v) is 7.03. The number of rotatable bonds is 11. The zero-order valence-corrected chi connectivity index (χ0v) is 23.9. The van der Waals surface area contributed by atoms with Gasteiger partial charge in [0, 0.05) is 16.6 Å². The maximum absolute atomic E-state index is 13.3. The fraction of sp³-hybridized carbons (Fsp3) is 0.222. The first-order chi connectivity index (χ1) is 18.0. The molecule has 0 atom stereocenters. The Morgan fingerprint density at radius 1 is 0.895 bits per heavy atom. The van der Waals surface area contributed by atoms with Gasteiger partial charge in [-0.2, -0.15) is 0 Å². The highest BCUT2D eigenvalue weighted by molar-refractivity contribution is 6.13. The van der Waals surface area contributed by atoms with Crippen LogP contribution < -0.4 is 0 Å². The Kier molecular flexibility index (Phi) is 10.7. The Morgan fingerprint density at radius 3 is 2.13 bits per heavy atom. The maximum atomic E-state index is 13.3. The SMILES string of the molecule is C=C/C(C=O)=C(\C=C)C(=O)\C(C)=C/C(/C=C(\c1ccccc1C)C(C)(C)c1cccc(C)c1C)=C/C=C/C. The molecule has 38 heavy (non-hydrogen) atoms. The number of Topliss-reactive ketones (excluding diaryl/α,β-unsaturated/α-hetero) is 1. The van der Waals surface area contributed by atoms with Gasteiger partial charge in [-0.1, -0.05) is 106 Å². The smallest absolute Gasteiger partial charge is 0.189 e. The highest BCUT2D eigenvalue weighted by Gasteiger charge is 2.29. The van der Waals surface area contributed by atoms with E-state index in [1.165, 1.54) is 34.4 Å². The van der Waals surface area contributed by atoms with E-state index < -0.39 is 0 Å². The molecule has 0 amide bonds. The van der Waals surface area contributed by atoms with E-state index in [4.69, 9.17) is 0 Å². The van der Waals surface area contributed by atoms with Crippen LogP contribution >= 0.6 is 0 Å². The molecule has 0 heterocycles. The quantitative estimate of drug-likeness (QED) is 0.174. The number of aldehydes is 1. The van der Waals surface area contributed by atoms with E-state index in [1.54, 1.807) is 6.92 Å². The van der Waals surface area contributed by atoms with Gasteiger partial charge in [-0.25, -0.2) is 0 Å². The Morgan fingerprint density at radius 2 is 1.55 bits per heavy atom. The molecule has 2 aromatic rings. The Bertz CT molecular complexity index is 1370. The van der Waals surface area contributed by atoms with Crippen molar-refractivity contribution in [2.75, 3.05) is 0 Å². The first-order valence-electron chi connectivity index (χ1n) is 12.9. The molecule has 0 aliphatic carbocycles. The summed E-state index contributed by atoms with van der Waals surface area (Å²) in [7, 11) is 0. The third-order valence-electron chi connectivity index (χ3n) is 7.03. The van der Waals surface area contributed by atoms with Crippen molar-refractivity contribution < 1.29 is 9.59 Å². The number of hydrogen-bond acceptors (Lipinski definition) is 2. The van der Waals surface area contributed by atoms with E-state index in [9.17, 15) is 9.59 Å². The van der Waals surface area contributed by atoms with Crippen molar-refractivity contribution in [3.05, 3.63) is 148 Å². The average Bonchev–Trinajstić information content (AvgIpc) is 2.90. The van der Waals surface area contributed by atoms with Gasteiger partial charge in [-0.05, 0) is 85.2 Å². The lowest BCUT2D eigenvalue weighted by molar-refractivity contribution is -0.112. The van der Waals surface area contributed by atoms with Gasteiger partial charge >= 0.3 is 0 Å². The van der Waals surface area contributed by atoms with Crippen LogP contribution in [-0.2, 0) is 15.0 Å². The van der Waals surface area contributed by atoms with Gasteiger partial charge < -0.3 is 0 Å². The van der Waals surface area contributed by atoms with Gasteiger partial charge in [0.25, 0.3) is 0 Å². The number of aryl methyl sites for hydroxylation is 2. The monoisotopic (exact) mass is 504 g/mol. The summed E-state index contributed by atoms with van der Waals surface area (Å²) in [4.78, 5) is 24.8. The molecule has 0 bridgehead atoms. The van der Waals surface area contributed by atoms with Gasteiger partial charge in [0.1, 0.15) is 0 Å². The largest absolute Gasteiger partial charge is 0.298 e. The van der Waals surface area contributed by atoms with Gasteiger partial charge in [-0.15, -0.1) is 0 Å². The van der Waals surface area contributed by atoms with Crippen molar-refractivity contribution in [2.45, 2.75) is 53.9 Å². The highest BCUT2D eigenvalue weighted by Crippen LogP contribution is 2.42. The molecule has 2 nitrogen and oxygen atoms in total. The topological polar surface area (TPSA) is 34.1 Å². The molecule has 0 unspecified atom stereocenters. The lowest BCUT2D eigenvalue weighted by Gasteiger charge is -2.32. The average molecular weight is 505 g/mol. The van der Waals surface area contributed by atoms with Crippen molar-refractivity contribution in [1.29, 1.82) is 0 Å². The second-order valence-corrected chi connectivity index (χ2v) is 9.99. The molecule has 196 valence electrons. The molecule has 0 spiro atoms. The molecule has 2 aromatic carbocycles. The Hall–Kier alpha value is -4.04. The van der Waals surface area contributed by atoms with Gasteiger partial charge in [0.05, 0.1) is 0 Å². The second-order valence-electron chi connectivity index (χ2n) is 9.99. The maximum Gasteiger partial charge on any atom is 0.189 e. The van der Waals surface area contributed by atoms with Crippen LogP contribution in [0, 0.1) is 20.8 Å². The van der Waals surface area contributed by atoms with Crippen LogP contribution in [-0.4, -0.2) is 12.1 Å². The van der Waals surface area contributed by atoms with Crippen molar-refractivity contribution in [3.8, 4) is 0 Å². The molecule has 0 aliphatic rings. The van der Waals surface area contributed by atoms with Crippen LogP contribution in [0.3, 0.4) is 0 Å². The summed E-state index contributed by atoms with van der Waals surface area (Å²) in [6.07, 6.45) is 13.4. The molecular weight excluding hydrogens is 464 g/mol. The summed E-state index contributed by atoms with van der Waals surface area (Å²) in [5.41, 5.74) is 8.78. The van der Waals surface area contributed by atoms with E-state index >= 15 is 0 Å². The van der Waals surface area contributed by atoms with Crippen molar-refractivity contribution in [2.24, 2.45) is 0 Å². The van der Waals surface area contributed by atoms with Gasteiger partial charge in [-0.3, -0.25) is 9.59 Å². The van der Waals surface area contributed by atoms with Crippen molar-refractivity contribution >= 4 is 17.6 Å². The van der Waals surface area contributed by atoms with Crippen LogP contribution in [0.4, 0.5) is 0 Å². The molecule has 0 radical (unpaired) electrons. The number of ketones is 1. The molecule has 0 N–H and O–H groups in total. The fourth-order valence-corrected chi connectivity index (χ4v) is 4.65. The van der Waals surface area contributed by atoms with E-state index in [-0.39, 0.29) is 22.3 Å². The summed E-state index contributed by atoms with van der Waals surface area (Å²) in [6.45, 7) is 22.1.